The summed E-state index contributed by atoms with van der Waals surface area (Å²) in [6, 6.07) is 8.05. The highest BCUT2D eigenvalue weighted by Crippen LogP contribution is 2.18. The fourth-order valence-electron chi connectivity index (χ4n) is 1.74. The number of nitrogens with one attached hydrogen (secondary N) is 1. The van der Waals surface area contributed by atoms with E-state index in [2.05, 4.69) is 15.4 Å². The van der Waals surface area contributed by atoms with Gasteiger partial charge < -0.3 is 4.90 Å². The highest BCUT2D eigenvalue weighted by atomic mass is 19.1. The van der Waals surface area contributed by atoms with Gasteiger partial charge in [-0.3, -0.25) is 5.43 Å². The van der Waals surface area contributed by atoms with E-state index in [1.807, 2.05) is 31.2 Å². The topological polar surface area (TPSA) is 67.1 Å². The third-order valence-corrected chi connectivity index (χ3v) is 2.76. The van der Waals surface area contributed by atoms with Gasteiger partial charge in [0.15, 0.2) is 11.6 Å². The number of rotatable bonds is 4. The van der Waals surface area contributed by atoms with Gasteiger partial charge in [-0.25, -0.2) is 15.2 Å². The highest BCUT2D eigenvalue weighted by Gasteiger charge is 2.11. The van der Waals surface area contributed by atoms with Crippen molar-refractivity contribution < 1.29 is 4.39 Å². The van der Waals surface area contributed by atoms with Crippen LogP contribution in [0.4, 0.5) is 16.2 Å². The van der Waals surface area contributed by atoms with Crippen molar-refractivity contribution in [1.29, 1.82) is 0 Å². The summed E-state index contributed by atoms with van der Waals surface area (Å²) in [7, 11) is 1.77. The second kappa shape index (κ2) is 5.62. The van der Waals surface area contributed by atoms with E-state index < -0.39 is 5.82 Å². The summed E-state index contributed by atoms with van der Waals surface area (Å²) in [6.45, 7) is 2.58. The molecule has 0 aliphatic rings. The zero-order chi connectivity index (χ0) is 13.8. The lowest BCUT2D eigenvalue weighted by Gasteiger charge is -2.19. The van der Waals surface area contributed by atoms with Crippen LogP contribution in [0, 0.1) is 12.7 Å². The van der Waals surface area contributed by atoms with Crippen molar-refractivity contribution in [3.63, 3.8) is 0 Å². The van der Waals surface area contributed by atoms with Crippen LogP contribution in [-0.2, 0) is 6.54 Å². The van der Waals surface area contributed by atoms with E-state index in [9.17, 15) is 4.39 Å². The molecular weight excluding hydrogens is 245 g/mol. The average Bonchev–Trinajstić information content (AvgIpc) is 2.42. The number of nitrogens with zero attached hydrogens (tertiary/aromatic N) is 3. The van der Waals surface area contributed by atoms with Gasteiger partial charge in [0.05, 0.1) is 6.20 Å². The van der Waals surface area contributed by atoms with E-state index in [1.54, 1.807) is 11.9 Å². The lowest BCUT2D eigenvalue weighted by Crippen LogP contribution is -2.21. The van der Waals surface area contributed by atoms with Crippen LogP contribution in [0.15, 0.2) is 30.5 Å². The number of nitrogens with two attached hydrogens (primary N) is 1. The van der Waals surface area contributed by atoms with Crippen LogP contribution in [0.3, 0.4) is 0 Å². The lowest BCUT2D eigenvalue weighted by atomic mass is 10.1. The van der Waals surface area contributed by atoms with Crippen molar-refractivity contribution in [2.45, 2.75) is 13.5 Å². The van der Waals surface area contributed by atoms with Gasteiger partial charge in [-0.05, 0) is 12.5 Å². The molecule has 0 amide bonds. The number of aromatic nitrogens is 2. The third kappa shape index (κ3) is 3.17. The third-order valence-electron chi connectivity index (χ3n) is 2.76. The van der Waals surface area contributed by atoms with Gasteiger partial charge >= 0.3 is 0 Å². The second-order valence-corrected chi connectivity index (χ2v) is 4.35. The summed E-state index contributed by atoms with van der Waals surface area (Å²) in [5, 5.41) is 0. The minimum absolute atomic E-state index is 0.187. The van der Waals surface area contributed by atoms with Crippen LogP contribution in [0.2, 0.25) is 0 Å². The number of benzene rings is 1. The van der Waals surface area contributed by atoms with E-state index in [-0.39, 0.29) is 11.8 Å². The van der Waals surface area contributed by atoms with Gasteiger partial charge in [-0.15, -0.1) is 0 Å². The maximum Gasteiger partial charge on any atom is 0.239 e. The first-order chi connectivity index (χ1) is 9.10. The van der Waals surface area contributed by atoms with Gasteiger partial charge in [-0.1, -0.05) is 29.8 Å². The molecular formula is C13H16FN5. The van der Waals surface area contributed by atoms with E-state index in [0.717, 1.165) is 11.8 Å². The fourth-order valence-corrected chi connectivity index (χ4v) is 1.74. The number of halogens is 1. The van der Waals surface area contributed by atoms with Gasteiger partial charge in [-0.2, -0.15) is 4.98 Å². The summed E-state index contributed by atoms with van der Waals surface area (Å²) >= 11 is 0. The van der Waals surface area contributed by atoms with Gasteiger partial charge in [0.1, 0.15) is 0 Å². The zero-order valence-corrected chi connectivity index (χ0v) is 10.9. The molecule has 0 unspecified atom stereocenters. The number of hydrogen-bond acceptors (Lipinski definition) is 5. The van der Waals surface area contributed by atoms with Crippen LogP contribution in [0.1, 0.15) is 11.1 Å². The van der Waals surface area contributed by atoms with E-state index in [0.29, 0.717) is 6.54 Å². The van der Waals surface area contributed by atoms with Crippen LogP contribution in [-0.4, -0.2) is 17.0 Å². The minimum Gasteiger partial charge on any atom is -0.353 e. The fraction of sp³-hybridized carbons (Fsp3) is 0.231. The van der Waals surface area contributed by atoms with Crippen LogP contribution in [0.5, 0.6) is 0 Å². The van der Waals surface area contributed by atoms with Crippen molar-refractivity contribution in [3.8, 4) is 0 Å². The summed E-state index contributed by atoms with van der Waals surface area (Å²) in [4.78, 5) is 9.43. The smallest absolute Gasteiger partial charge is 0.239 e. The summed E-state index contributed by atoms with van der Waals surface area (Å²) in [6.07, 6.45) is 1.10. The Bertz CT molecular complexity index is 555. The summed E-state index contributed by atoms with van der Waals surface area (Å²) < 4.78 is 13.7. The van der Waals surface area contributed by atoms with Crippen LogP contribution >= 0.6 is 0 Å². The van der Waals surface area contributed by atoms with Gasteiger partial charge in [0.25, 0.3) is 0 Å². The molecule has 19 heavy (non-hydrogen) atoms. The molecule has 3 N–H and O–H groups in total. The largest absolute Gasteiger partial charge is 0.353 e. The molecule has 0 saturated carbocycles. The standard InChI is InChI=1S/C13H16FN5/c1-9-3-5-10(6-4-9)8-19(2)12-11(14)7-16-13(17-12)18-15/h3-7H,8,15H2,1-2H3,(H,16,17,18). The molecule has 2 aromatic rings. The van der Waals surface area contributed by atoms with Gasteiger partial charge in [0.2, 0.25) is 5.95 Å². The summed E-state index contributed by atoms with van der Waals surface area (Å²) in [5.74, 6) is 5.14. The average molecular weight is 261 g/mol. The number of nitrogen functional groups attached to an aromatic ring is 1. The molecule has 1 aromatic carbocycles. The molecule has 0 spiro atoms. The summed E-state index contributed by atoms with van der Waals surface area (Å²) in [5.41, 5.74) is 4.57. The molecule has 1 heterocycles. The van der Waals surface area contributed by atoms with Crippen molar-refractivity contribution >= 4 is 11.8 Å². The molecule has 0 aliphatic carbocycles. The molecule has 0 fully saturated rings. The molecule has 2 rings (SSSR count). The number of aryl methyl sites for hydroxylation is 1. The first-order valence-electron chi connectivity index (χ1n) is 5.86. The van der Waals surface area contributed by atoms with Crippen molar-refractivity contribution in [2.24, 2.45) is 5.84 Å². The molecule has 0 aliphatic heterocycles. The molecule has 0 saturated heterocycles. The normalized spacial score (nSPS) is 10.3. The lowest BCUT2D eigenvalue weighted by molar-refractivity contribution is 0.607. The monoisotopic (exact) mass is 261 g/mol. The Balaban J connectivity index is 2.19. The molecule has 6 heteroatoms. The minimum atomic E-state index is -0.478. The SMILES string of the molecule is Cc1ccc(CN(C)c2nc(NN)ncc2F)cc1. The maximum absolute atomic E-state index is 13.7. The Morgan fingerprint density at radius 1 is 1.32 bits per heavy atom. The molecule has 0 bridgehead atoms. The van der Waals surface area contributed by atoms with Crippen molar-refractivity contribution in [3.05, 3.63) is 47.4 Å². The van der Waals surface area contributed by atoms with E-state index >= 15 is 0 Å². The Hall–Kier alpha value is -2.21. The first kappa shape index (κ1) is 13.2. The molecule has 0 atom stereocenters. The quantitative estimate of drug-likeness (QED) is 0.649. The maximum atomic E-state index is 13.7. The predicted octanol–water partition coefficient (Wildman–Crippen LogP) is 1.85. The van der Waals surface area contributed by atoms with Crippen molar-refractivity contribution in [1.82, 2.24) is 9.97 Å². The van der Waals surface area contributed by atoms with E-state index in [1.165, 1.54) is 5.56 Å². The molecule has 0 radical (unpaired) electrons. The Kier molecular flexibility index (Phi) is 3.91. The van der Waals surface area contributed by atoms with Crippen molar-refractivity contribution in [2.75, 3.05) is 17.4 Å². The molecule has 5 nitrogen and oxygen atoms in total. The predicted molar refractivity (Wildman–Crippen MR) is 73.1 cm³/mol. The van der Waals surface area contributed by atoms with Crippen LogP contribution < -0.4 is 16.2 Å². The van der Waals surface area contributed by atoms with Gasteiger partial charge in [0, 0.05) is 13.6 Å². The Labute approximate surface area is 111 Å². The Morgan fingerprint density at radius 2 is 2.00 bits per heavy atom. The number of anilines is 2. The zero-order valence-electron chi connectivity index (χ0n) is 10.9. The highest BCUT2D eigenvalue weighted by molar-refractivity contribution is 5.43. The van der Waals surface area contributed by atoms with E-state index in [4.69, 9.17) is 5.84 Å². The number of hydrazine groups is 1. The van der Waals surface area contributed by atoms with Crippen LogP contribution in [0.25, 0.3) is 0 Å². The first-order valence-corrected chi connectivity index (χ1v) is 5.86. The number of hydrogen-bond donors (Lipinski definition) is 2. The Morgan fingerprint density at radius 3 is 2.63 bits per heavy atom. The molecule has 100 valence electrons. The second-order valence-electron chi connectivity index (χ2n) is 4.35. The molecule has 1 aromatic heterocycles.